The van der Waals surface area contributed by atoms with Gasteiger partial charge in [-0.3, -0.25) is 4.79 Å². The largest absolute Gasteiger partial charge is 0.481 e. The molecule has 1 aliphatic rings. The van der Waals surface area contributed by atoms with Crippen LogP contribution in [-0.4, -0.2) is 17.0 Å². The molecule has 4 heteroatoms. The Hall–Kier alpha value is -0.670. The van der Waals surface area contributed by atoms with Gasteiger partial charge in [0, 0.05) is 6.42 Å². The first kappa shape index (κ1) is 9.42. The summed E-state index contributed by atoms with van der Waals surface area (Å²) in [6, 6.07) is 0. The van der Waals surface area contributed by atoms with Crippen LogP contribution in [0.2, 0.25) is 0 Å². The number of halogens is 2. The number of alkyl halides is 2. The number of carboxylic acids is 1. The third-order valence-corrected chi connectivity index (χ3v) is 2.41. The minimum absolute atomic E-state index is 0.395. The van der Waals surface area contributed by atoms with Crippen molar-refractivity contribution in [1.29, 1.82) is 0 Å². The quantitative estimate of drug-likeness (QED) is 0.719. The Morgan fingerprint density at radius 3 is 2.17 bits per heavy atom. The van der Waals surface area contributed by atoms with Crippen LogP contribution in [0.3, 0.4) is 0 Å². The van der Waals surface area contributed by atoms with Crippen LogP contribution >= 0.6 is 0 Å². The van der Waals surface area contributed by atoms with Crippen molar-refractivity contribution >= 4 is 5.97 Å². The van der Waals surface area contributed by atoms with E-state index in [0.717, 1.165) is 13.3 Å². The van der Waals surface area contributed by atoms with Crippen molar-refractivity contribution in [3.05, 3.63) is 0 Å². The molecular formula is C8H12F2O2. The zero-order valence-electron chi connectivity index (χ0n) is 6.94. The van der Waals surface area contributed by atoms with Crippen molar-refractivity contribution in [2.45, 2.75) is 38.5 Å². The lowest BCUT2D eigenvalue weighted by Gasteiger charge is -2.39. The summed E-state index contributed by atoms with van der Waals surface area (Å²) in [5.41, 5.74) is -1.13. The number of carbonyl (C=O) groups is 1. The van der Waals surface area contributed by atoms with Gasteiger partial charge in [-0.25, -0.2) is 8.78 Å². The Morgan fingerprint density at radius 2 is 2.08 bits per heavy atom. The highest BCUT2D eigenvalue weighted by molar-refractivity contribution is 5.75. The van der Waals surface area contributed by atoms with Gasteiger partial charge in [0.25, 0.3) is 0 Å². The predicted octanol–water partition coefficient (Wildman–Crippen LogP) is 2.29. The molecule has 0 radical (unpaired) electrons. The molecule has 0 atom stereocenters. The number of hydrogen-bond donors (Lipinski definition) is 1. The maximum absolute atomic E-state index is 12.5. The van der Waals surface area contributed by atoms with Crippen LogP contribution in [0.25, 0.3) is 0 Å². The Bertz CT molecular complexity index is 192. The van der Waals surface area contributed by atoms with Gasteiger partial charge in [0.15, 0.2) is 0 Å². The lowest BCUT2D eigenvalue weighted by atomic mass is 9.65. The first-order valence-electron chi connectivity index (χ1n) is 3.97. The van der Waals surface area contributed by atoms with Crippen molar-refractivity contribution in [3.8, 4) is 0 Å². The summed E-state index contributed by atoms with van der Waals surface area (Å²) in [7, 11) is 0. The highest BCUT2D eigenvalue weighted by Gasteiger charge is 2.49. The summed E-state index contributed by atoms with van der Waals surface area (Å²) >= 11 is 0. The molecule has 1 saturated carbocycles. The molecule has 0 aliphatic heterocycles. The zero-order chi connectivity index (χ0) is 9.41. The van der Waals surface area contributed by atoms with Gasteiger partial charge in [0.2, 0.25) is 5.92 Å². The number of hydrogen-bond acceptors (Lipinski definition) is 1. The van der Waals surface area contributed by atoms with Crippen molar-refractivity contribution in [3.63, 3.8) is 0 Å². The summed E-state index contributed by atoms with van der Waals surface area (Å²) in [6.45, 7) is 0.774. The average molecular weight is 178 g/mol. The lowest BCUT2D eigenvalue weighted by Crippen LogP contribution is -2.41. The van der Waals surface area contributed by atoms with Crippen LogP contribution in [0.4, 0.5) is 8.78 Å². The highest BCUT2D eigenvalue weighted by atomic mass is 19.3. The van der Waals surface area contributed by atoms with Gasteiger partial charge in [0.05, 0.1) is 5.41 Å². The summed E-state index contributed by atoms with van der Waals surface area (Å²) in [5.74, 6) is -3.94. The van der Waals surface area contributed by atoms with Crippen LogP contribution in [0.15, 0.2) is 0 Å². The van der Waals surface area contributed by atoms with E-state index in [2.05, 4.69) is 0 Å². The van der Waals surface area contributed by atoms with E-state index in [1.807, 2.05) is 0 Å². The van der Waals surface area contributed by atoms with Gasteiger partial charge >= 0.3 is 5.97 Å². The normalized spacial score (nSPS) is 21.6. The molecule has 0 spiro atoms. The fourth-order valence-electron chi connectivity index (χ4n) is 1.66. The summed E-state index contributed by atoms with van der Waals surface area (Å²) < 4.78 is 25.1. The van der Waals surface area contributed by atoms with Crippen molar-refractivity contribution < 1.29 is 18.7 Å². The van der Waals surface area contributed by atoms with E-state index < -0.39 is 23.7 Å². The van der Waals surface area contributed by atoms with Gasteiger partial charge in [-0.1, -0.05) is 6.42 Å². The maximum Gasteiger partial charge on any atom is 0.309 e. The highest BCUT2D eigenvalue weighted by Crippen LogP contribution is 2.48. The minimum atomic E-state index is -2.86. The van der Waals surface area contributed by atoms with Gasteiger partial charge in [-0.05, 0) is 19.8 Å². The fraction of sp³-hybridized carbons (Fsp3) is 0.875. The Balaban J connectivity index is 2.63. The minimum Gasteiger partial charge on any atom is -0.481 e. The first-order valence-corrected chi connectivity index (χ1v) is 3.97. The third-order valence-electron chi connectivity index (χ3n) is 2.41. The Labute approximate surface area is 69.6 Å². The van der Waals surface area contributed by atoms with E-state index in [-0.39, 0.29) is 0 Å². The molecule has 70 valence electrons. The molecule has 0 unspecified atom stereocenters. The molecule has 0 bridgehead atoms. The van der Waals surface area contributed by atoms with E-state index in [9.17, 15) is 13.6 Å². The molecule has 0 heterocycles. The molecule has 12 heavy (non-hydrogen) atoms. The maximum atomic E-state index is 12.5. The van der Waals surface area contributed by atoms with Gasteiger partial charge in [-0.15, -0.1) is 0 Å². The topological polar surface area (TPSA) is 37.3 Å². The van der Waals surface area contributed by atoms with E-state index >= 15 is 0 Å². The Morgan fingerprint density at radius 1 is 1.58 bits per heavy atom. The standard InChI is InChI=1S/C8H12F2O2/c1-7(9,10)5-8(6(11)12)3-2-4-8/h2-5H2,1H3,(H,11,12). The summed E-state index contributed by atoms with van der Waals surface area (Å²) in [4.78, 5) is 10.6. The molecule has 1 fully saturated rings. The van der Waals surface area contributed by atoms with Crippen LogP contribution < -0.4 is 0 Å². The van der Waals surface area contributed by atoms with Gasteiger partial charge in [-0.2, -0.15) is 0 Å². The SMILES string of the molecule is CC(F)(F)CC1(C(=O)O)CCC1. The molecular weight excluding hydrogens is 166 g/mol. The number of carboxylic acid groups (broad SMARTS) is 1. The monoisotopic (exact) mass is 178 g/mol. The van der Waals surface area contributed by atoms with Gasteiger partial charge in [0.1, 0.15) is 0 Å². The second-order valence-electron chi connectivity index (χ2n) is 3.69. The fourth-order valence-corrected chi connectivity index (χ4v) is 1.66. The van der Waals surface area contributed by atoms with Crippen LogP contribution in [0.1, 0.15) is 32.6 Å². The van der Waals surface area contributed by atoms with E-state index in [0.29, 0.717) is 12.8 Å². The van der Waals surface area contributed by atoms with Crippen molar-refractivity contribution in [2.24, 2.45) is 5.41 Å². The lowest BCUT2D eigenvalue weighted by molar-refractivity contribution is -0.162. The molecule has 1 aliphatic carbocycles. The third kappa shape index (κ3) is 1.73. The Kier molecular flexibility index (Phi) is 2.10. The zero-order valence-corrected chi connectivity index (χ0v) is 6.94. The van der Waals surface area contributed by atoms with Crippen LogP contribution in [0, 0.1) is 5.41 Å². The average Bonchev–Trinajstić information content (AvgIpc) is 1.75. The van der Waals surface area contributed by atoms with Crippen molar-refractivity contribution in [1.82, 2.24) is 0 Å². The molecule has 0 amide bonds. The van der Waals surface area contributed by atoms with E-state index in [1.165, 1.54) is 0 Å². The van der Waals surface area contributed by atoms with E-state index in [1.54, 1.807) is 0 Å². The molecule has 0 saturated heterocycles. The molecule has 2 nitrogen and oxygen atoms in total. The number of aliphatic carboxylic acids is 1. The second kappa shape index (κ2) is 2.68. The van der Waals surface area contributed by atoms with Crippen molar-refractivity contribution in [2.75, 3.05) is 0 Å². The molecule has 0 aromatic heterocycles. The molecule has 0 aromatic carbocycles. The number of rotatable bonds is 3. The van der Waals surface area contributed by atoms with Crippen LogP contribution in [0.5, 0.6) is 0 Å². The second-order valence-corrected chi connectivity index (χ2v) is 3.69. The first-order chi connectivity index (χ1) is 5.36. The molecule has 0 aromatic rings. The summed E-state index contributed by atoms with van der Waals surface area (Å²) in [6.07, 6.45) is 1.02. The molecule has 1 rings (SSSR count). The predicted molar refractivity (Wildman–Crippen MR) is 39.2 cm³/mol. The van der Waals surface area contributed by atoms with Crippen LogP contribution in [-0.2, 0) is 4.79 Å². The molecule has 1 N–H and O–H groups in total. The summed E-state index contributed by atoms with van der Waals surface area (Å²) in [5, 5.41) is 8.71. The smallest absolute Gasteiger partial charge is 0.309 e. The van der Waals surface area contributed by atoms with Gasteiger partial charge < -0.3 is 5.11 Å². The van der Waals surface area contributed by atoms with E-state index in [4.69, 9.17) is 5.11 Å².